The van der Waals surface area contributed by atoms with Gasteiger partial charge in [-0.25, -0.2) is 0 Å². The maximum absolute atomic E-state index is 11.6. The average molecular weight is 193 g/mol. The van der Waals surface area contributed by atoms with Gasteiger partial charge in [-0.1, -0.05) is 30.3 Å². The van der Waals surface area contributed by atoms with Gasteiger partial charge in [-0.3, -0.25) is 10.1 Å². The number of rotatable bonds is 4. The second-order valence-corrected chi connectivity index (χ2v) is 3.45. The third kappa shape index (κ3) is 2.94. The summed E-state index contributed by atoms with van der Waals surface area (Å²) in [5, 5.41) is 12.2. The van der Waals surface area contributed by atoms with Crippen LogP contribution in [0.1, 0.15) is 24.2 Å². The van der Waals surface area contributed by atoms with Gasteiger partial charge in [0.15, 0.2) is 6.23 Å². The maximum Gasteiger partial charge on any atom is 0.206 e. The second kappa shape index (κ2) is 4.88. The molecule has 3 nitrogen and oxygen atoms in total. The van der Waals surface area contributed by atoms with Crippen molar-refractivity contribution in [3.8, 4) is 0 Å². The summed E-state index contributed by atoms with van der Waals surface area (Å²) in [6, 6.07) is 8.84. The van der Waals surface area contributed by atoms with Crippen LogP contribution in [0.2, 0.25) is 0 Å². The smallest absolute Gasteiger partial charge is 0.206 e. The zero-order valence-corrected chi connectivity index (χ0v) is 8.40. The molecule has 0 heterocycles. The van der Waals surface area contributed by atoms with Gasteiger partial charge in [-0.05, 0) is 13.8 Å². The monoisotopic (exact) mass is 193 g/mol. The fourth-order valence-electron chi connectivity index (χ4n) is 1.15. The van der Waals surface area contributed by atoms with Gasteiger partial charge >= 0.3 is 0 Å². The first-order valence-electron chi connectivity index (χ1n) is 4.64. The number of benzene rings is 1. The Hall–Kier alpha value is -1.19. The third-order valence-electron chi connectivity index (χ3n) is 1.80. The van der Waals surface area contributed by atoms with E-state index >= 15 is 0 Å². The summed E-state index contributed by atoms with van der Waals surface area (Å²) < 4.78 is 0. The molecule has 3 heteroatoms. The molecule has 76 valence electrons. The maximum atomic E-state index is 11.6. The average Bonchev–Trinajstić information content (AvgIpc) is 2.17. The Morgan fingerprint density at radius 3 is 2.36 bits per heavy atom. The predicted molar refractivity (Wildman–Crippen MR) is 55.1 cm³/mol. The summed E-state index contributed by atoms with van der Waals surface area (Å²) in [4.78, 5) is 11.6. The lowest BCUT2D eigenvalue weighted by atomic mass is 10.1. The van der Waals surface area contributed by atoms with Crippen LogP contribution in [0.3, 0.4) is 0 Å². The predicted octanol–water partition coefficient (Wildman–Crippen LogP) is 1.19. The lowest BCUT2D eigenvalue weighted by molar-refractivity contribution is 0.0652. The molecule has 2 N–H and O–H groups in total. The van der Waals surface area contributed by atoms with Crippen molar-refractivity contribution >= 4 is 5.78 Å². The molecule has 1 aromatic carbocycles. The summed E-state index contributed by atoms with van der Waals surface area (Å²) in [7, 11) is 0. The highest BCUT2D eigenvalue weighted by Gasteiger charge is 2.16. The van der Waals surface area contributed by atoms with E-state index in [2.05, 4.69) is 5.32 Å². The van der Waals surface area contributed by atoms with Crippen LogP contribution in [0.25, 0.3) is 0 Å². The molecule has 1 unspecified atom stereocenters. The highest BCUT2D eigenvalue weighted by Crippen LogP contribution is 2.02. The Bertz CT molecular complexity index is 295. The normalized spacial score (nSPS) is 12.9. The first-order chi connectivity index (χ1) is 6.61. The molecular weight excluding hydrogens is 178 g/mol. The highest BCUT2D eigenvalue weighted by molar-refractivity contribution is 5.98. The molecular formula is C11H15NO2. The molecule has 0 aliphatic heterocycles. The molecule has 0 spiro atoms. The Kier molecular flexibility index (Phi) is 3.80. The minimum atomic E-state index is -1.11. The van der Waals surface area contributed by atoms with Gasteiger partial charge in [0.25, 0.3) is 0 Å². The van der Waals surface area contributed by atoms with Crippen LogP contribution >= 0.6 is 0 Å². The molecule has 0 bridgehead atoms. The van der Waals surface area contributed by atoms with Crippen LogP contribution in [0, 0.1) is 0 Å². The Morgan fingerprint density at radius 2 is 1.86 bits per heavy atom. The first-order valence-corrected chi connectivity index (χ1v) is 4.64. The number of carbonyl (C=O) groups is 1. The van der Waals surface area contributed by atoms with Crippen molar-refractivity contribution in [2.45, 2.75) is 26.1 Å². The molecule has 0 amide bonds. The number of Topliss-reactive ketones (excluding diaryl/α,β-unsaturated/α-hetero) is 1. The minimum Gasteiger partial charge on any atom is -0.371 e. The molecule has 1 aromatic rings. The van der Waals surface area contributed by atoms with Crippen LogP contribution in [0.4, 0.5) is 0 Å². The molecule has 0 radical (unpaired) electrons. The largest absolute Gasteiger partial charge is 0.371 e. The van der Waals surface area contributed by atoms with E-state index < -0.39 is 6.23 Å². The SMILES string of the molecule is CC(C)NC(O)C(=O)c1ccccc1. The highest BCUT2D eigenvalue weighted by atomic mass is 16.3. The number of hydrogen-bond donors (Lipinski definition) is 2. The van der Waals surface area contributed by atoms with Crippen LogP contribution in [-0.4, -0.2) is 23.2 Å². The van der Waals surface area contributed by atoms with Gasteiger partial charge < -0.3 is 5.11 Å². The Labute approximate surface area is 83.8 Å². The second-order valence-electron chi connectivity index (χ2n) is 3.45. The molecule has 0 saturated heterocycles. The number of hydrogen-bond acceptors (Lipinski definition) is 3. The van der Waals surface area contributed by atoms with E-state index in [0.29, 0.717) is 5.56 Å². The molecule has 1 atom stereocenters. The first kappa shape index (κ1) is 10.9. The lowest BCUT2D eigenvalue weighted by Crippen LogP contribution is -2.40. The molecule has 1 rings (SSSR count). The van der Waals surface area contributed by atoms with Gasteiger partial charge in [-0.15, -0.1) is 0 Å². The van der Waals surface area contributed by atoms with E-state index in [1.165, 1.54) is 0 Å². The van der Waals surface area contributed by atoms with Gasteiger partial charge in [0, 0.05) is 11.6 Å². The fraction of sp³-hybridized carbons (Fsp3) is 0.364. The summed E-state index contributed by atoms with van der Waals surface area (Å²) in [6.07, 6.45) is -1.11. The van der Waals surface area contributed by atoms with Crippen molar-refractivity contribution in [1.29, 1.82) is 0 Å². The van der Waals surface area contributed by atoms with Crippen molar-refractivity contribution in [2.75, 3.05) is 0 Å². The lowest BCUT2D eigenvalue weighted by Gasteiger charge is -2.14. The Morgan fingerprint density at radius 1 is 1.29 bits per heavy atom. The van der Waals surface area contributed by atoms with E-state index in [1.807, 2.05) is 19.9 Å². The third-order valence-corrected chi connectivity index (χ3v) is 1.80. The summed E-state index contributed by atoms with van der Waals surface area (Å²) in [5.74, 6) is -0.292. The van der Waals surface area contributed by atoms with Gasteiger partial charge in [0.05, 0.1) is 0 Å². The van der Waals surface area contributed by atoms with Crippen molar-refractivity contribution < 1.29 is 9.90 Å². The van der Waals surface area contributed by atoms with Crippen molar-refractivity contribution in [2.24, 2.45) is 0 Å². The van der Waals surface area contributed by atoms with Crippen molar-refractivity contribution in [3.63, 3.8) is 0 Å². The number of carbonyl (C=O) groups excluding carboxylic acids is 1. The Balaban J connectivity index is 2.66. The summed E-state index contributed by atoms with van der Waals surface area (Å²) >= 11 is 0. The topological polar surface area (TPSA) is 49.3 Å². The van der Waals surface area contributed by atoms with Crippen molar-refractivity contribution in [1.82, 2.24) is 5.32 Å². The number of aliphatic hydroxyl groups is 1. The van der Waals surface area contributed by atoms with Gasteiger partial charge in [0.2, 0.25) is 5.78 Å². The van der Waals surface area contributed by atoms with Gasteiger partial charge in [0.1, 0.15) is 0 Å². The van der Waals surface area contributed by atoms with E-state index in [1.54, 1.807) is 24.3 Å². The van der Waals surface area contributed by atoms with Gasteiger partial charge in [-0.2, -0.15) is 0 Å². The van der Waals surface area contributed by atoms with Crippen LogP contribution in [0.5, 0.6) is 0 Å². The van der Waals surface area contributed by atoms with Crippen LogP contribution < -0.4 is 5.32 Å². The van der Waals surface area contributed by atoms with Crippen molar-refractivity contribution in [3.05, 3.63) is 35.9 Å². The van der Waals surface area contributed by atoms with Crippen LogP contribution in [0.15, 0.2) is 30.3 Å². The molecule has 0 aromatic heterocycles. The zero-order valence-electron chi connectivity index (χ0n) is 8.40. The van der Waals surface area contributed by atoms with Crippen LogP contribution in [-0.2, 0) is 0 Å². The standard InChI is InChI=1S/C11H15NO2/c1-8(2)12-11(14)10(13)9-6-4-3-5-7-9/h3-8,11-12,14H,1-2H3. The van der Waals surface area contributed by atoms with E-state index in [-0.39, 0.29) is 11.8 Å². The number of aliphatic hydroxyl groups excluding tert-OH is 1. The number of ketones is 1. The zero-order chi connectivity index (χ0) is 10.6. The van der Waals surface area contributed by atoms with E-state index in [4.69, 9.17) is 0 Å². The molecule has 0 saturated carbocycles. The summed E-state index contributed by atoms with van der Waals surface area (Å²) in [5.41, 5.74) is 0.521. The molecule has 0 aliphatic rings. The minimum absolute atomic E-state index is 0.0812. The summed E-state index contributed by atoms with van der Waals surface area (Å²) in [6.45, 7) is 3.75. The number of nitrogens with one attached hydrogen (secondary N) is 1. The molecule has 0 aliphatic carbocycles. The molecule has 14 heavy (non-hydrogen) atoms. The fourth-order valence-corrected chi connectivity index (χ4v) is 1.15. The van der Waals surface area contributed by atoms with E-state index in [0.717, 1.165) is 0 Å². The van der Waals surface area contributed by atoms with E-state index in [9.17, 15) is 9.90 Å². The molecule has 0 fully saturated rings. The quantitative estimate of drug-likeness (QED) is 0.557.